The highest BCUT2D eigenvalue weighted by Gasteiger charge is 2.20. The number of methoxy groups -OCH3 is 1. The van der Waals surface area contributed by atoms with Gasteiger partial charge in [-0.25, -0.2) is 9.97 Å². The number of allylic oxidation sites excluding steroid dienone is 4. The minimum absolute atomic E-state index is 0.0457. The molecule has 0 saturated heterocycles. The zero-order chi connectivity index (χ0) is 19.6. The van der Waals surface area contributed by atoms with Gasteiger partial charge in [-0.05, 0) is 67.8 Å². The van der Waals surface area contributed by atoms with Crippen LogP contribution >= 0.6 is 0 Å². The van der Waals surface area contributed by atoms with Crippen LogP contribution in [0.3, 0.4) is 0 Å². The summed E-state index contributed by atoms with van der Waals surface area (Å²) in [5, 5.41) is 1.05. The van der Waals surface area contributed by atoms with Gasteiger partial charge in [-0.15, -0.1) is 0 Å². The predicted octanol–water partition coefficient (Wildman–Crippen LogP) is 5.66. The molecule has 27 heavy (non-hydrogen) atoms. The number of hydrogen-bond acceptors (Lipinski definition) is 3. The molecule has 0 bridgehead atoms. The summed E-state index contributed by atoms with van der Waals surface area (Å²) < 4.78 is 7.55. The first-order chi connectivity index (χ1) is 13.0. The molecule has 0 amide bonds. The van der Waals surface area contributed by atoms with Crippen molar-refractivity contribution in [3.63, 3.8) is 0 Å². The van der Waals surface area contributed by atoms with Crippen LogP contribution in [-0.4, -0.2) is 21.6 Å². The molecular weight excluding hydrogens is 334 g/mol. The van der Waals surface area contributed by atoms with Gasteiger partial charge in [-0.2, -0.15) is 0 Å². The number of rotatable bonds is 6. The van der Waals surface area contributed by atoms with Crippen molar-refractivity contribution in [1.82, 2.24) is 14.5 Å². The molecule has 0 aliphatic rings. The fourth-order valence-corrected chi connectivity index (χ4v) is 3.45. The number of fused-ring (bicyclic) bond motifs is 1. The summed E-state index contributed by atoms with van der Waals surface area (Å²) >= 11 is 0. The molecule has 2 heterocycles. The van der Waals surface area contributed by atoms with Gasteiger partial charge in [0.2, 0.25) is 0 Å². The Labute approximate surface area is 160 Å². The van der Waals surface area contributed by atoms with Gasteiger partial charge in [0.25, 0.3) is 0 Å². The number of hydrogen-bond donors (Lipinski definition) is 0. The van der Waals surface area contributed by atoms with E-state index in [4.69, 9.17) is 4.74 Å². The Kier molecular flexibility index (Phi) is 5.26. The lowest BCUT2D eigenvalue weighted by Crippen LogP contribution is -2.10. The zero-order valence-corrected chi connectivity index (χ0v) is 16.4. The highest BCUT2D eigenvalue weighted by atomic mass is 16.5. The molecule has 3 rings (SSSR count). The van der Waals surface area contributed by atoms with E-state index >= 15 is 0 Å². The molecule has 0 saturated carbocycles. The second kappa shape index (κ2) is 7.62. The van der Waals surface area contributed by atoms with Gasteiger partial charge < -0.3 is 9.30 Å². The van der Waals surface area contributed by atoms with E-state index in [0.717, 1.165) is 44.9 Å². The van der Waals surface area contributed by atoms with Crippen molar-refractivity contribution in [2.24, 2.45) is 0 Å². The lowest BCUT2D eigenvalue weighted by molar-refractivity contribution is 0.415. The van der Waals surface area contributed by atoms with Crippen LogP contribution in [0.15, 0.2) is 73.1 Å². The fourth-order valence-electron chi connectivity index (χ4n) is 3.45. The highest BCUT2D eigenvalue weighted by molar-refractivity contribution is 5.86. The van der Waals surface area contributed by atoms with Crippen molar-refractivity contribution in [3.8, 4) is 17.0 Å². The molecule has 2 aromatic heterocycles. The van der Waals surface area contributed by atoms with Crippen LogP contribution in [0.4, 0.5) is 0 Å². The van der Waals surface area contributed by atoms with Crippen molar-refractivity contribution in [1.29, 1.82) is 0 Å². The summed E-state index contributed by atoms with van der Waals surface area (Å²) in [6.45, 7) is 14.2. The number of nitrogens with zero attached hydrogens (tertiary/aromatic N) is 3. The van der Waals surface area contributed by atoms with Crippen molar-refractivity contribution in [3.05, 3.63) is 78.8 Å². The van der Waals surface area contributed by atoms with E-state index in [1.54, 1.807) is 13.4 Å². The molecule has 1 atom stereocenters. The van der Waals surface area contributed by atoms with Crippen LogP contribution in [0.1, 0.15) is 25.6 Å². The minimum atomic E-state index is 0.0457. The van der Waals surface area contributed by atoms with Gasteiger partial charge in [-0.3, -0.25) is 0 Å². The predicted molar refractivity (Wildman–Crippen MR) is 112 cm³/mol. The monoisotopic (exact) mass is 359 g/mol. The van der Waals surface area contributed by atoms with E-state index in [1.807, 2.05) is 31.2 Å². The van der Waals surface area contributed by atoms with Gasteiger partial charge in [0, 0.05) is 5.39 Å². The Morgan fingerprint density at radius 2 is 1.85 bits per heavy atom. The fraction of sp³-hybridized carbons (Fsp3) is 0.217. The molecule has 0 spiro atoms. The normalized spacial score (nSPS) is 13.2. The standard InChI is InChI=1S/C23H25N3O/c1-7-15(3)20(8-2)17(5)26-22(18-9-11-19(27-6)12-10-18)13-21-16(4)24-14-25-23(21)26/h7-14,17H,1-2H2,3-6H3/b20-15+. The molecule has 138 valence electrons. The third-order valence-corrected chi connectivity index (χ3v) is 5.04. The Morgan fingerprint density at radius 1 is 1.15 bits per heavy atom. The highest BCUT2D eigenvalue weighted by Crippen LogP contribution is 2.35. The van der Waals surface area contributed by atoms with Gasteiger partial charge in [-0.1, -0.05) is 25.3 Å². The van der Waals surface area contributed by atoms with Gasteiger partial charge in [0.15, 0.2) is 0 Å². The molecule has 4 nitrogen and oxygen atoms in total. The SMILES string of the molecule is C=C/C(C)=C(\C=C)C(C)n1c(-c2ccc(OC)cc2)cc2c(C)ncnc21. The summed E-state index contributed by atoms with van der Waals surface area (Å²) in [4.78, 5) is 8.95. The molecule has 0 fully saturated rings. The minimum Gasteiger partial charge on any atom is -0.497 e. The Hall–Kier alpha value is -3.14. The molecule has 3 aromatic rings. The Morgan fingerprint density at radius 3 is 2.44 bits per heavy atom. The third kappa shape index (κ3) is 3.31. The maximum atomic E-state index is 5.30. The first-order valence-corrected chi connectivity index (χ1v) is 8.94. The van der Waals surface area contributed by atoms with Crippen molar-refractivity contribution < 1.29 is 4.74 Å². The zero-order valence-electron chi connectivity index (χ0n) is 16.4. The number of benzene rings is 1. The van der Waals surface area contributed by atoms with E-state index in [2.05, 4.69) is 59.7 Å². The quantitative estimate of drug-likeness (QED) is 0.533. The number of aryl methyl sites for hydroxylation is 1. The second-order valence-corrected chi connectivity index (χ2v) is 6.55. The van der Waals surface area contributed by atoms with Crippen LogP contribution in [0.5, 0.6) is 5.75 Å². The van der Waals surface area contributed by atoms with E-state index in [0.29, 0.717) is 0 Å². The Bertz CT molecular complexity index is 1030. The Balaban J connectivity index is 2.30. The van der Waals surface area contributed by atoms with E-state index in [9.17, 15) is 0 Å². The molecule has 0 radical (unpaired) electrons. The van der Waals surface area contributed by atoms with Gasteiger partial charge in [0.05, 0.1) is 24.5 Å². The van der Waals surface area contributed by atoms with Crippen molar-refractivity contribution in [2.75, 3.05) is 7.11 Å². The first kappa shape index (κ1) is 18.6. The number of aromatic nitrogens is 3. The lowest BCUT2D eigenvalue weighted by Gasteiger charge is -2.21. The average Bonchev–Trinajstić information content (AvgIpc) is 3.09. The molecule has 1 aromatic carbocycles. The van der Waals surface area contributed by atoms with Crippen molar-refractivity contribution in [2.45, 2.75) is 26.8 Å². The number of ether oxygens (including phenoxy) is 1. The smallest absolute Gasteiger partial charge is 0.144 e. The molecule has 4 heteroatoms. The summed E-state index contributed by atoms with van der Waals surface area (Å²) in [5.41, 5.74) is 6.28. The maximum Gasteiger partial charge on any atom is 0.144 e. The summed E-state index contributed by atoms with van der Waals surface area (Å²) in [5.74, 6) is 0.833. The topological polar surface area (TPSA) is 39.9 Å². The molecule has 1 unspecified atom stereocenters. The average molecular weight is 359 g/mol. The van der Waals surface area contributed by atoms with Crippen LogP contribution < -0.4 is 4.74 Å². The van der Waals surface area contributed by atoms with Crippen LogP contribution in [0.2, 0.25) is 0 Å². The van der Waals surface area contributed by atoms with E-state index < -0.39 is 0 Å². The van der Waals surface area contributed by atoms with Gasteiger partial charge >= 0.3 is 0 Å². The molecule has 0 N–H and O–H groups in total. The summed E-state index contributed by atoms with van der Waals surface area (Å²) in [7, 11) is 1.67. The first-order valence-electron chi connectivity index (χ1n) is 8.94. The summed E-state index contributed by atoms with van der Waals surface area (Å²) in [6, 6.07) is 10.3. The second-order valence-electron chi connectivity index (χ2n) is 6.55. The molecular formula is C23H25N3O. The third-order valence-electron chi connectivity index (χ3n) is 5.04. The van der Waals surface area contributed by atoms with Crippen LogP contribution in [0.25, 0.3) is 22.3 Å². The van der Waals surface area contributed by atoms with E-state index in [1.165, 1.54) is 0 Å². The van der Waals surface area contributed by atoms with E-state index in [-0.39, 0.29) is 6.04 Å². The van der Waals surface area contributed by atoms with Crippen LogP contribution in [0, 0.1) is 6.92 Å². The molecule has 0 aliphatic heterocycles. The van der Waals surface area contributed by atoms with Gasteiger partial charge in [0.1, 0.15) is 17.7 Å². The van der Waals surface area contributed by atoms with Crippen LogP contribution in [-0.2, 0) is 0 Å². The largest absolute Gasteiger partial charge is 0.497 e. The maximum absolute atomic E-state index is 5.30. The van der Waals surface area contributed by atoms with Crippen molar-refractivity contribution >= 4 is 11.0 Å². The lowest BCUT2D eigenvalue weighted by atomic mass is 10.0. The summed E-state index contributed by atoms with van der Waals surface area (Å²) in [6.07, 6.45) is 5.39. The molecule has 0 aliphatic carbocycles.